The Kier molecular flexibility index (Phi) is 12.2. The number of carboxylic acids is 1. The van der Waals surface area contributed by atoms with Gasteiger partial charge in [0.15, 0.2) is 0 Å². The van der Waals surface area contributed by atoms with Crippen LogP contribution < -0.4 is 20.3 Å². The fourth-order valence-electron chi connectivity index (χ4n) is 4.43. The maximum absolute atomic E-state index is 13.6. The molecule has 218 valence electrons. The van der Waals surface area contributed by atoms with Crippen LogP contribution in [0.15, 0.2) is 78.9 Å². The van der Waals surface area contributed by atoms with E-state index in [1.165, 1.54) is 10.4 Å². The van der Waals surface area contributed by atoms with Crippen LogP contribution in [0.1, 0.15) is 64.6 Å². The smallest absolute Gasteiger partial charge is 0.320 e. The van der Waals surface area contributed by atoms with E-state index < -0.39 is 24.0 Å². The zero-order chi connectivity index (χ0) is 29.8. The summed E-state index contributed by atoms with van der Waals surface area (Å²) in [5.74, 6) is -1.72. The Morgan fingerprint density at radius 3 is 2.05 bits per heavy atom. The Labute approximate surface area is 245 Å². The fraction of sp³-hybridized carbons (Fsp3) is 0.323. The minimum Gasteiger partial charge on any atom is -0.480 e. The Hall–Kier alpha value is -3.86. The van der Waals surface area contributed by atoms with E-state index in [1.54, 1.807) is 19.2 Å². The second kappa shape index (κ2) is 15.8. The molecule has 0 saturated carbocycles. The molecule has 3 aromatic carbocycles. The molecule has 0 bridgehead atoms. The molecule has 3 aromatic rings. The molecule has 0 unspecified atom stereocenters. The van der Waals surface area contributed by atoms with Gasteiger partial charge in [0.05, 0.1) is 11.7 Å². The van der Waals surface area contributed by atoms with E-state index in [9.17, 15) is 24.0 Å². The third-order valence-electron chi connectivity index (χ3n) is 6.72. The lowest BCUT2D eigenvalue weighted by Gasteiger charge is -2.23. The van der Waals surface area contributed by atoms with Crippen molar-refractivity contribution < 1.29 is 24.0 Å². The van der Waals surface area contributed by atoms with E-state index in [1.807, 2.05) is 74.5 Å². The predicted octanol–water partition coefficient (Wildman–Crippen LogP) is 4.92. The van der Waals surface area contributed by atoms with Crippen molar-refractivity contribution >= 4 is 35.7 Å². The first-order chi connectivity index (χ1) is 19.7. The Bertz CT molecular complexity index is 1290. The number of benzene rings is 3. The van der Waals surface area contributed by atoms with E-state index >= 15 is 0 Å². The van der Waals surface area contributed by atoms with Crippen molar-refractivity contribution in [2.45, 2.75) is 51.2 Å². The number of nitrogens with one attached hydrogen (secondary N) is 3. The monoisotopic (exact) mass is 578 g/mol. The van der Waals surface area contributed by atoms with Crippen molar-refractivity contribution in [3.8, 4) is 0 Å². The summed E-state index contributed by atoms with van der Waals surface area (Å²) < 4.78 is 11.1. The molecular formula is C31H38N4O5S. The number of aliphatic carboxylic acids is 1. The third kappa shape index (κ3) is 9.63. The van der Waals surface area contributed by atoms with Gasteiger partial charge in [-0.1, -0.05) is 74.0 Å². The summed E-state index contributed by atoms with van der Waals surface area (Å²) >= 11 is 0.468. The van der Waals surface area contributed by atoms with E-state index in [4.69, 9.17) is 0 Å². The summed E-state index contributed by atoms with van der Waals surface area (Å²) in [6.07, 6.45) is 1.65. The Morgan fingerprint density at radius 1 is 0.902 bits per heavy atom. The normalized spacial score (nSPS) is 13.1. The maximum atomic E-state index is 13.6. The van der Waals surface area contributed by atoms with Crippen molar-refractivity contribution in [3.63, 3.8) is 0 Å². The van der Waals surface area contributed by atoms with E-state index in [0.29, 0.717) is 37.2 Å². The van der Waals surface area contributed by atoms with Gasteiger partial charge in [0, 0.05) is 30.8 Å². The van der Waals surface area contributed by atoms with Crippen LogP contribution in [-0.2, 0) is 11.2 Å². The van der Waals surface area contributed by atoms with E-state index in [2.05, 4.69) is 16.0 Å². The summed E-state index contributed by atoms with van der Waals surface area (Å²) in [6.45, 7) is 4.04. The number of carbonyl (C=O) groups is 3. The molecule has 2 amide bonds. The highest BCUT2D eigenvalue weighted by molar-refractivity contribution is 7.95. The number of nitrogens with zero attached hydrogens (tertiary/aromatic N) is 1. The predicted molar refractivity (Wildman–Crippen MR) is 163 cm³/mol. The molecule has 9 nitrogen and oxygen atoms in total. The number of anilines is 1. The number of amides is 2. The van der Waals surface area contributed by atoms with Gasteiger partial charge in [-0.15, -0.1) is 0 Å². The molecule has 0 aromatic heterocycles. The summed E-state index contributed by atoms with van der Waals surface area (Å²) in [6, 6.07) is 22.5. The average molecular weight is 579 g/mol. The van der Waals surface area contributed by atoms with Crippen LogP contribution in [-0.4, -0.2) is 53.1 Å². The first-order valence-corrected chi connectivity index (χ1v) is 14.3. The second-order valence-electron chi connectivity index (χ2n) is 9.90. The SMILES string of the molecule is CCC[C@H](NC[C@H](Cc1ccccc1)NC(=O)c1cc(C(=O)N[C@H](C)c2ccccc2)cc(N(C)SO)c1)C(=O)O. The molecule has 41 heavy (non-hydrogen) atoms. The minimum absolute atomic E-state index is 0.238. The molecule has 0 aliphatic heterocycles. The lowest BCUT2D eigenvalue weighted by Crippen LogP contribution is -2.48. The topological polar surface area (TPSA) is 131 Å². The van der Waals surface area contributed by atoms with Crippen molar-refractivity contribution in [2.75, 3.05) is 17.9 Å². The standard InChI is InChI=1S/C31H38N4O5S/c1-4-11-28(31(38)39)32-20-26(16-22-12-7-5-8-13-22)34-30(37)25-17-24(18-27(19-25)35(3)41-40)29(36)33-21(2)23-14-9-6-10-15-23/h5-10,12-15,17-19,21,26,28,32,40H,4,11,16,20H2,1-3H3,(H,33,36)(H,34,37)(H,38,39)/t21-,26+,28+/m1/s1. The molecule has 3 atom stereocenters. The van der Waals surface area contributed by atoms with Gasteiger partial charge in [-0.25, -0.2) is 0 Å². The van der Waals surface area contributed by atoms with Crippen molar-refractivity contribution in [3.05, 3.63) is 101 Å². The van der Waals surface area contributed by atoms with Crippen LogP contribution in [0.3, 0.4) is 0 Å². The van der Waals surface area contributed by atoms with Gasteiger partial charge < -0.3 is 25.6 Å². The zero-order valence-electron chi connectivity index (χ0n) is 23.5. The molecule has 0 aliphatic carbocycles. The molecule has 0 aliphatic rings. The van der Waals surface area contributed by atoms with Gasteiger partial charge in [-0.2, -0.15) is 0 Å². The largest absolute Gasteiger partial charge is 0.480 e. The fourth-order valence-corrected chi connectivity index (χ4v) is 4.63. The molecule has 0 saturated heterocycles. The average Bonchev–Trinajstić information content (AvgIpc) is 2.99. The maximum Gasteiger partial charge on any atom is 0.320 e. The lowest BCUT2D eigenvalue weighted by molar-refractivity contribution is -0.139. The first kappa shape index (κ1) is 31.7. The van der Waals surface area contributed by atoms with Gasteiger partial charge in [0.25, 0.3) is 11.8 Å². The number of hydrogen-bond acceptors (Lipinski definition) is 7. The van der Waals surface area contributed by atoms with E-state index in [0.717, 1.165) is 11.1 Å². The number of rotatable bonds is 15. The highest BCUT2D eigenvalue weighted by Gasteiger charge is 2.22. The molecule has 0 radical (unpaired) electrons. The molecule has 5 N–H and O–H groups in total. The summed E-state index contributed by atoms with van der Waals surface area (Å²) in [4.78, 5) is 38.5. The van der Waals surface area contributed by atoms with Crippen molar-refractivity contribution in [1.82, 2.24) is 16.0 Å². The molecule has 3 rings (SSSR count). The Balaban J connectivity index is 1.85. The number of hydrogen-bond donors (Lipinski definition) is 5. The van der Waals surface area contributed by atoms with Crippen LogP contribution in [0.5, 0.6) is 0 Å². The highest BCUT2D eigenvalue weighted by atomic mass is 32.2. The van der Waals surface area contributed by atoms with Gasteiger partial charge in [0.2, 0.25) is 0 Å². The van der Waals surface area contributed by atoms with Crippen LogP contribution in [0.2, 0.25) is 0 Å². The third-order valence-corrected chi connectivity index (χ3v) is 7.18. The molecule has 0 fully saturated rings. The van der Waals surface area contributed by atoms with Crippen molar-refractivity contribution in [1.29, 1.82) is 0 Å². The summed E-state index contributed by atoms with van der Waals surface area (Å²) in [5.41, 5.74) is 2.90. The van der Waals surface area contributed by atoms with Crippen LogP contribution in [0.25, 0.3) is 0 Å². The van der Waals surface area contributed by atoms with Gasteiger partial charge >= 0.3 is 5.97 Å². The van der Waals surface area contributed by atoms with E-state index in [-0.39, 0.29) is 29.6 Å². The molecule has 0 spiro atoms. The minimum atomic E-state index is -0.936. The zero-order valence-corrected chi connectivity index (χ0v) is 24.4. The molecule has 10 heteroatoms. The van der Waals surface area contributed by atoms with Gasteiger partial charge in [-0.3, -0.25) is 18.7 Å². The second-order valence-corrected chi connectivity index (χ2v) is 10.6. The van der Waals surface area contributed by atoms with Crippen LogP contribution in [0.4, 0.5) is 5.69 Å². The highest BCUT2D eigenvalue weighted by Crippen LogP contribution is 2.23. The molecular weight excluding hydrogens is 540 g/mol. The summed E-state index contributed by atoms with van der Waals surface area (Å²) in [7, 11) is 1.62. The summed E-state index contributed by atoms with van der Waals surface area (Å²) in [5, 5.41) is 18.6. The number of carboxylic acid groups (broad SMARTS) is 1. The van der Waals surface area contributed by atoms with Crippen LogP contribution in [0, 0.1) is 0 Å². The van der Waals surface area contributed by atoms with Gasteiger partial charge in [0.1, 0.15) is 18.3 Å². The number of carbonyl (C=O) groups excluding carboxylic acids is 2. The lowest BCUT2D eigenvalue weighted by atomic mass is 10.0. The van der Waals surface area contributed by atoms with Gasteiger partial charge in [-0.05, 0) is 49.1 Å². The first-order valence-electron chi connectivity index (χ1n) is 13.6. The Morgan fingerprint density at radius 2 is 1.49 bits per heavy atom. The molecule has 0 heterocycles. The van der Waals surface area contributed by atoms with Crippen molar-refractivity contribution in [2.24, 2.45) is 0 Å². The quantitative estimate of drug-likeness (QED) is 0.127. The van der Waals surface area contributed by atoms with Crippen LogP contribution >= 0.6 is 12.2 Å².